The number of thioether (sulfide) groups is 1. The maximum absolute atomic E-state index is 12.4. The Balaban J connectivity index is 2.23. The van der Waals surface area contributed by atoms with E-state index in [0.717, 1.165) is 12.2 Å². The summed E-state index contributed by atoms with van der Waals surface area (Å²) in [5.74, 6) is 0.785. The molecule has 1 heterocycles. The number of rotatable bonds is 5. The molecule has 0 spiro atoms. The van der Waals surface area contributed by atoms with Crippen molar-refractivity contribution in [2.45, 2.75) is 20.3 Å². The molecule has 1 aliphatic heterocycles. The normalized spacial score (nSPS) is 14.2. The molecule has 0 fully saturated rings. The molecule has 0 radical (unpaired) electrons. The summed E-state index contributed by atoms with van der Waals surface area (Å²) >= 11 is 7.44. The van der Waals surface area contributed by atoms with E-state index in [-0.39, 0.29) is 11.8 Å². The third-order valence-electron chi connectivity index (χ3n) is 3.18. The summed E-state index contributed by atoms with van der Waals surface area (Å²) in [6, 6.07) is 4.81. The highest BCUT2D eigenvalue weighted by molar-refractivity contribution is 8.04. The fourth-order valence-corrected chi connectivity index (χ4v) is 3.05. The third-order valence-corrected chi connectivity index (χ3v) is 4.55. The zero-order valence-corrected chi connectivity index (χ0v) is 14.6. The minimum absolute atomic E-state index is 0.239. The molecule has 0 saturated carbocycles. The summed E-state index contributed by atoms with van der Waals surface area (Å²) in [6.45, 7) is 4.90. The minimum atomic E-state index is -0.293. The standard InChI is InChI=1S/C16H19ClN2O3S/c1-3-6-18-15(20)12-5-4-11(17)9-13(12)19-16(21)14-10(2)22-7-8-23-14/h4-5,9H,3,6-8H2,1-2H3,(H,18,20)(H,19,21). The van der Waals surface area contributed by atoms with Crippen molar-refractivity contribution in [2.24, 2.45) is 0 Å². The molecular formula is C16H19ClN2O3S. The van der Waals surface area contributed by atoms with Gasteiger partial charge < -0.3 is 15.4 Å². The molecule has 2 amide bonds. The summed E-state index contributed by atoms with van der Waals surface area (Å²) in [6.07, 6.45) is 0.834. The second kappa shape index (κ2) is 8.26. The number of benzene rings is 1. The molecular weight excluding hydrogens is 336 g/mol. The number of ether oxygens (including phenoxy) is 1. The maximum Gasteiger partial charge on any atom is 0.265 e. The number of halogens is 1. The second-order valence-electron chi connectivity index (χ2n) is 4.98. The average Bonchev–Trinajstić information content (AvgIpc) is 2.53. The van der Waals surface area contributed by atoms with Crippen LogP contribution in [0.3, 0.4) is 0 Å². The van der Waals surface area contributed by atoms with Gasteiger partial charge in [-0.05, 0) is 31.5 Å². The van der Waals surface area contributed by atoms with E-state index in [0.29, 0.717) is 40.1 Å². The van der Waals surface area contributed by atoms with Gasteiger partial charge in [-0.15, -0.1) is 11.8 Å². The van der Waals surface area contributed by atoms with Crippen LogP contribution in [0, 0.1) is 0 Å². The van der Waals surface area contributed by atoms with E-state index in [2.05, 4.69) is 10.6 Å². The topological polar surface area (TPSA) is 67.4 Å². The van der Waals surface area contributed by atoms with Crippen LogP contribution < -0.4 is 10.6 Å². The van der Waals surface area contributed by atoms with E-state index in [9.17, 15) is 9.59 Å². The highest BCUT2D eigenvalue weighted by atomic mass is 35.5. The zero-order chi connectivity index (χ0) is 16.8. The van der Waals surface area contributed by atoms with Gasteiger partial charge in [0.25, 0.3) is 11.8 Å². The maximum atomic E-state index is 12.4. The zero-order valence-electron chi connectivity index (χ0n) is 13.1. The van der Waals surface area contributed by atoms with Crippen LogP contribution in [0.4, 0.5) is 5.69 Å². The number of allylic oxidation sites excluding steroid dienone is 1. The van der Waals surface area contributed by atoms with Gasteiger partial charge in [-0.2, -0.15) is 0 Å². The Morgan fingerprint density at radius 3 is 2.83 bits per heavy atom. The lowest BCUT2D eigenvalue weighted by Crippen LogP contribution is -2.26. The Hall–Kier alpha value is -1.66. The molecule has 0 aliphatic carbocycles. The molecule has 2 rings (SSSR count). The van der Waals surface area contributed by atoms with Crippen LogP contribution >= 0.6 is 23.4 Å². The number of carbonyl (C=O) groups excluding carboxylic acids is 2. The van der Waals surface area contributed by atoms with Crippen molar-refractivity contribution >= 4 is 40.9 Å². The highest BCUT2D eigenvalue weighted by Crippen LogP contribution is 2.28. The van der Waals surface area contributed by atoms with E-state index < -0.39 is 0 Å². The molecule has 0 aromatic heterocycles. The van der Waals surface area contributed by atoms with Gasteiger partial charge in [0.15, 0.2) is 0 Å². The van der Waals surface area contributed by atoms with Crippen molar-refractivity contribution in [1.29, 1.82) is 0 Å². The molecule has 1 aromatic rings. The van der Waals surface area contributed by atoms with Gasteiger partial charge >= 0.3 is 0 Å². The molecule has 23 heavy (non-hydrogen) atoms. The fourth-order valence-electron chi connectivity index (χ4n) is 2.06. The molecule has 0 bridgehead atoms. The van der Waals surface area contributed by atoms with Gasteiger partial charge in [0.2, 0.25) is 0 Å². The molecule has 0 unspecified atom stereocenters. The first-order valence-corrected chi connectivity index (χ1v) is 8.75. The third kappa shape index (κ3) is 4.65. The highest BCUT2D eigenvalue weighted by Gasteiger charge is 2.21. The van der Waals surface area contributed by atoms with Gasteiger partial charge in [0.05, 0.1) is 17.9 Å². The predicted molar refractivity (Wildman–Crippen MR) is 93.8 cm³/mol. The monoisotopic (exact) mass is 354 g/mol. The van der Waals surface area contributed by atoms with E-state index in [1.165, 1.54) is 11.8 Å². The van der Waals surface area contributed by atoms with Crippen LogP contribution in [0.2, 0.25) is 5.02 Å². The Bertz CT molecular complexity index is 646. The van der Waals surface area contributed by atoms with Gasteiger partial charge in [0.1, 0.15) is 10.7 Å². The second-order valence-corrected chi connectivity index (χ2v) is 6.52. The minimum Gasteiger partial charge on any atom is -0.496 e. The van der Waals surface area contributed by atoms with E-state index in [1.54, 1.807) is 25.1 Å². The van der Waals surface area contributed by atoms with Gasteiger partial charge in [-0.25, -0.2) is 0 Å². The van der Waals surface area contributed by atoms with Crippen molar-refractivity contribution in [3.8, 4) is 0 Å². The van der Waals surface area contributed by atoms with Crippen LogP contribution in [0.25, 0.3) is 0 Å². The van der Waals surface area contributed by atoms with Crippen molar-refractivity contribution in [3.05, 3.63) is 39.4 Å². The first-order chi connectivity index (χ1) is 11.0. The quantitative estimate of drug-likeness (QED) is 0.850. The number of hydrogen-bond donors (Lipinski definition) is 2. The Morgan fingerprint density at radius 2 is 2.13 bits per heavy atom. The van der Waals surface area contributed by atoms with Gasteiger partial charge in [0, 0.05) is 17.3 Å². The summed E-state index contributed by atoms with van der Waals surface area (Å²) < 4.78 is 5.40. The Morgan fingerprint density at radius 1 is 1.35 bits per heavy atom. The van der Waals surface area contributed by atoms with Crippen molar-refractivity contribution in [2.75, 3.05) is 24.2 Å². The van der Waals surface area contributed by atoms with Gasteiger partial charge in [-0.1, -0.05) is 18.5 Å². The van der Waals surface area contributed by atoms with Crippen molar-refractivity contribution in [1.82, 2.24) is 5.32 Å². The molecule has 2 N–H and O–H groups in total. The van der Waals surface area contributed by atoms with E-state index >= 15 is 0 Å². The number of nitrogens with one attached hydrogen (secondary N) is 2. The van der Waals surface area contributed by atoms with Crippen LogP contribution in [0.1, 0.15) is 30.6 Å². The lowest BCUT2D eigenvalue weighted by molar-refractivity contribution is -0.112. The lowest BCUT2D eigenvalue weighted by Gasteiger charge is -2.18. The van der Waals surface area contributed by atoms with E-state index in [4.69, 9.17) is 16.3 Å². The number of anilines is 1. The smallest absolute Gasteiger partial charge is 0.265 e. The lowest BCUT2D eigenvalue weighted by atomic mass is 10.1. The van der Waals surface area contributed by atoms with Crippen LogP contribution in [0.15, 0.2) is 28.9 Å². The van der Waals surface area contributed by atoms with Crippen LogP contribution in [-0.2, 0) is 9.53 Å². The summed E-state index contributed by atoms with van der Waals surface area (Å²) in [7, 11) is 0. The van der Waals surface area contributed by atoms with Crippen molar-refractivity contribution in [3.63, 3.8) is 0 Å². The summed E-state index contributed by atoms with van der Waals surface area (Å²) in [5.41, 5.74) is 0.777. The molecule has 0 saturated heterocycles. The fraction of sp³-hybridized carbons (Fsp3) is 0.375. The molecule has 1 aromatic carbocycles. The number of amides is 2. The number of carbonyl (C=O) groups is 2. The molecule has 7 heteroatoms. The largest absolute Gasteiger partial charge is 0.496 e. The predicted octanol–water partition coefficient (Wildman–Crippen LogP) is 3.41. The Kier molecular flexibility index (Phi) is 6.36. The molecule has 124 valence electrons. The molecule has 5 nitrogen and oxygen atoms in total. The number of hydrogen-bond acceptors (Lipinski definition) is 4. The van der Waals surface area contributed by atoms with Crippen LogP contribution in [-0.4, -0.2) is 30.7 Å². The average molecular weight is 355 g/mol. The Labute approximate surface area is 144 Å². The molecule has 0 atom stereocenters. The first-order valence-electron chi connectivity index (χ1n) is 7.38. The summed E-state index contributed by atoms with van der Waals surface area (Å²) in [4.78, 5) is 25.2. The SMILES string of the molecule is CCCNC(=O)c1ccc(Cl)cc1NC(=O)C1=C(C)OCCS1. The molecule has 1 aliphatic rings. The van der Waals surface area contributed by atoms with Gasteiger partial charge in [-0.3, -0.25) is 9.59 Å². The van der Waals surface area contributed by atoms with E-state index in [1.807, 2.05) is 6.92 Å². The van der Waals surface area contributed by atoms with Crippen LogP contribution in [0.5, 0.6) is 0 Å². The summed E-state index contributed by atoms with van der Waals surface area (Å²) in [5, 5.41) is 6.01. The van der Waals surface area contributed by atoms with Crippen molar-refractivity contribution < 1.29 is 14.3 Å². The first kappa shape index (κ1) is 17.7.